The lowest BCUT2D eigenvalue weighted by molar-refractivity contribution is -0.119. The van der Waals surface area contributed by atoms with Crippen molar-refractivity contribution in [2.24, 2.45) is 7.05 Å². The molecule has 3 rings (SSSR count). The zero-order valence-electron chi connectivity index (χ0n) is 15.9. The van der Waals surface area contributed by atoms with E-state index < -0.39 is 0 Å². The van der Waals surface area contributed by atoms with E-state index in [1.807, 2.05) is 41.9 Å². The van der Waals surface area contributed by atoms with Gasteiger partial charge in [0.25, 0.3) is 0 Å². The summed E-state index contributed by atoms with van der Waals surface area (Å²) in [7, 11) is 1.84. The number of amides is 1. The third-order valence-electron chi connectivity index (χ3n) is 4.38. The third kappa shape index (κ3) is 4.98. The Bertz CT molecular complexity index is 912. The van der Waals surface area contributed by atoms with Crippen molar-refractivity contribution in [3.05, 3.63) is 66.0 Å². The number of thioether (sulfide) groups is 1. The second-order valence-electron chi connectivity index (χ2n) is 6.48. The summed E-state index contributed by atoms with van der Waals surface area (Å²) in [5.74, 6) is 0.550. The zero-order valence-corrected chi connectivity index (χ0v) is 16.7. The summed E-state index contributed by atoms with van der Waals surface area (Å²) in [5.41, 5.74) is 1.89. The van der Waals surface area contributed by atoms with Crippen LogP contribution in [0.15, 0.2) is 59.8 Å². The molecule has 1 aromatic heterocycles. The van der Waals surface area contributed by atoms with Crippen molar-refractivity contribution in [3.63, 3.8) is 0 Å². The van der Waals surface area contributed by atoms with Crippen molar-refractivity contribution in [1.29, 1.82) is 0 Å². The molecule has 0 aliphatic heterocycles. The standard InChI is InChI=1S/C21H23FN4OS/c1-3-7-18(15-8-5-4-6-9-15)23-19(27)14-28-21-25-24-20(26(21)2)16-10-12-17(22)13-11-16/h4-6,8-13,18H,3,7,14H2,1-2H3,(H,23,27). The summed E-state index contributed by atoms with van der Waals surface area (Å²) >= 11 is 1.33. The molecule has 0 fully saturated rings. The Labute approximate surface area is 168 Å². The Morgan fingerprint density at radius 2 is 1.86 bits per heavy atom. The number of nitrogens with zero attached hydrogens (tertiary/aromatic N) is 3. The van der Waals surface area contributed by atoms with E-state index in [9.17, 15) is 9.18 Å². The number of aromatic nitrogens is 3. The van der Waals surface area contributed by atoms with Gasteiger partial charge >= 0.3 is 0 Å². The van der Waals surface area contributed by atoms with Crippen LogP contribution in [-0.2, 0) is 11.8 Å². The van der Waals surface area contributed by atoms with Crippen molar-refractivity contribution < 1.29 is 9.18 Å². The minimum Gasteiger partial charge on any atom is -0.349 e. The number of benzene rings is 2. The summed E-state index contributed by atoms with van der Waals surface area (Å²) in [6.45, 7) is 2.10. The lowest BCUT2D eigenvalue weighted by Crippen LogP contribution is -2.30. The van der Waals surface area contributed by atoms with Crippen molar-refractivity contribution >= 4 is 17.7 Å². The molecule has 0 spiro atoms. The van der Waals surface area contributed by atoms with E-state index in [1.54, 1.807) is 12.1 Å². The van der Waals surface area contributed by atoms with Gasteiger partial charge in [0.1, 0.15) is 5.82 Å². The first-order chi connectivity index (χ1) is 13.6. The van der Waals surface area contributed by atoms with Crippen LogP contribution >= 0.6 is 11.8 Å². The Morgan fingerprint density at radius 1 is 1.14 bits per heavy atom. The van der Waals surface area contributed by atoms with Gasteiger partial charge in [-0.05, 0) is 36.2 Å². The maximum atomic E-state index is 13.1. The number of hydrogen-bond acceptors (Lipinski definition) is 4. The predicted octanol–water partition coefficient (Wildman–Crippen LogP) is 4.37. The minimum atomic E-state index is -0.294. The average molecular weight is 399 g/mol. The van der Waals surface area contributed by atoms with Gasteiger partial charge in [-0.2, -0.15) is 0 Å². The number of hydrogen-bond donors (Lipinski definition) is 1. The van der Waals surface area contributed by atoms with Crippen molar-refractivity contribution in [2.45, 2.75) is 31.0 Å². The minimum absolute atomic E-state index is 0.00794. The van der Waals surface area contributed by atoms with Crippen LogP contribution in [0, 0.1) is 5.82 Å². The fourth-order valence-electron chi connectivity index (χ4n) is 2.95. The number of nitrogens with one attached hydrogen (secondary N) is 1. The van der Waals surface area contributed by atoms with Crippen molar-refractivity contribution in [1.82, 2.24) is 20.1 Å². The molecule has 0 aliphatic rings. The van der Waals surface area contributed by atoms with Crippen LogP contribution in [0.2, 0.25) is 0 Å². The zero-order chi connectivity index (χ0) is 19.9. The molecule has 7 heteroatoms. The van der Waals surface area contributed by atoms with Crippen LogP contribution in [0.25, 0.3) is 11.4 Å². The Kier molecular flexibility index (Phi) is 6.81. The number of carbonyl (C=O) groups is 1. The Balaban J connectivity index is 1.62. The van der Waals surface area contributed by atoms with E-state index >= 15 is 0 Å². The molecule has 0 saturated carbocycles. The van der Waals surface area contributed by atoms with Gasteiger partial charge in [0.15, 0.2) is 11.0 Å². The second kappa shape index (κ2) is 9.50. The Morgan fingerprint density at radius 3 is 2.54 bits per heavy atom. The molecule has 146 valence electrons. The number of rotatable bonds is 8. The maximum Gasteiger partial charge on any atom is 0.230 e. The van der Waals surface area contributed by atoms with Gasteiger partial charge in [-0.1, -0.05) is 55.4 Å². The second-order valence-corrected chi connectivity index (χ2v) is 7.42. The highest BCUT2D eigenvalue weighted by atomic mass is 32.2. The molecule has 1 unspecified atom stereocenters. The first kappa shape index (κ1) is 20.1. The van der Waals surface area contributed by atoms with Crippen LogP contribution < -0.4 is 5.32 Å². The number of halogens is 1. The lowest BCUT2D eigenvalue weighted by atomic mass is 10.0. The molecule has 0 radical (unpaired) electrons. The summed E-state index contributed by atoms with van der Waals surface area (Å²) in [6, 6.07) is 16.1. The molecule has 0 saturated heterocycles. The quantitative estimate of drug-likeness (QED) is 0.573. The lowest BCUT2D eigenvalue weighted by Gasteiger charge is -2.18. The highest BCUT2D eigenvalue weighted by Gasteiger charge is 2.16. The molecular formula is C21H23FN4OS. The fraction of sp³-hybridized carbons (Fsp3) is 0.286. The molecular weight excluding hydrogens is 375 g/mol. The molecule has 5 nitrogen and oxygen atoms in total. The molecule has 1 heterocycles. The molecule has 0 aliphatic carbocycles. The highest BCUT2D eigenvalue weighted by molar-refractivity contribution is 7.99. The Hall–Kier alpha value is -2.67. The van der Waals surface area contributed by atoms with Gasteiger partial charge in [-0.25, -0.2) is 4.39 Å². The van der Waals surface area contributed by atoms with Crippen LogP contribution in [0.5, 0.6) is 0 Å². The first-order valence-electron chi connectivity index (χ1n) is 9.21. The van der Waals surface area contributed by atoms with Gasteiger partial charge in [-0.15, -0.1) is 10.2 Å². The highest BCUT2D eigenvalue weighted by Crippen LogP contribution is 2.23. The van der Waals surface area contributed by atoms with Crippen LogP contribution in [0.4, 0.5) is 4.39 Å². The van der Waals surface area contributed by atoms with E-state index in [-0.39, 0.29) is 23.5 Å². The van der Waals surface area contributed by atoms with Gasteiger partial charge in [0, 0.05) is 12.6 Å². The van der Waals surface area contributed by atoms with E-state index in [0.717, 1.165) is 24.0 Å². The van der Waals surface area contributed by atoms with E-state index in [2.05, 4.69) is 22.4 Å². The van der Waals surface area contributed by atoms with Crippen LogP contribution in [0.3, 0.4) is 0 Å². The predicted molar refractivity (Wildman–Crippen MR) is 109 cm³/mol. The molecule has 2 aromatic carbocycles. The summed E-state index contributed by atoms with van der Waals surface area (Å²) in [6.07, 6.45) is 1.87. The summed E-state index contributed by atoms with van der Waals surface area (Å²) in [5, 5.41) is 12.1. The van der Waals surface area contributed by atoms with Crippen molar-refractivity contribution in [2.75, 3.05) is 5.75 Å². The first-order valence-corrected chi connectivity index (χ1v) is 10.2. The SMILES string of the molecule is CCCC(NC(=O)CSc1nnc(-c2ccc(F)cc2)n1C)c1ccccc1. The molecule has 3 aromatic rings. The molecule has 28 heavy (non-hydrogen) atoms. The summed E-state index contributed by atoms with van der Waals surface area (Å²) < 4.78 is 14.9. The van der Waals surface area contributed by atoms with Crippen LogP contribution in [-0.4, -0.2) is 26.4 Å². The third-order valence-corrected chi connectivity index (χ3v) is 5.40. The van der Waals surface area contributed by atoms with E-state index in [0.29, 0.717) is 11.0 Å². The van der Waals surface area contributed by atoms with Crippen molar-refractivity contribution in [3.8, 4) is 11.4 Å². The van der Waals surface area contributed by atoms with Gasteiger partial charge < -0.3 is 9.88 Å². The maximum absolute atomic E-state index is 13.1. The molecule has 0 bridgehead atoms. The fourth-order valence-corrected chi connectivity index (χ4v) is 3.68. The topological polar surface area (TPSA) is 59.8 Å². The molecule has 1 N–H and O–H groups in total. The van der Waals surface area contributed by atoms with Gasteiger partial charge in [0.05, 0.1) is 11.8 Å². The summed E-state index contributed by atoms with van der Waals surface area (Å²) in [4.78, 5) is 12.5. The molecule has 1 atom stereocenters. The largest absolute Gasteiger partial charge is 0.349 e. The van der Waals surface area contributed by atoms with Gasteiger partial charge in [0.2, 0.25) is 5.91 Å². The monoisotopic (exact) mass is 398 g/mol. The smallest absolute Gasteiger partial charge is 0.230 e. The normalized spacial score (nSPS) is 12.0. The van der Waals surface area contributed by atoms with Crippen LogP contribution in [0.1, 0.15) is 31.4 Å². The van der Waals surface area contributed by atoms with Gasteiger partial charge in [-0.3, -0.25) is 4.79 Å². The molecule has 1 amide bonds. The van der Waals surface area contributed by atoms with E-state index in [4.69, 9.17) is 0 Å². The average Bonchev–Trinajstić information content (AvgIpc) is 3.08. The van der Waals surface area contributed by atoms with E-state index in [1.165, 1.54) is 23.9 Å². The number of carbonyl (C=O) groups excluding carboxylic acids is 1.